The Kier molecular flexibility index (Phi) is 5.40. The lowest BCUT2D eigenvalue weighted by atomic mass is 10.1. The number of ether oxygens (including phenoxy) is 1. The minimum absolute atomic E-state index is 0.0149. The van der Waals surface area contributed by atoms with Crippen LogP contribution in [-0.4, -0.2) is 47.3 Å². The average molecular weight is 275 g/mol. The molecule has 6 heteroatoms. The number of aliphatic hydroxyl groups excluding tert-OH is 1. The number of rotatable bonds is 7. The number of hydrogen-bond donors (Lipinski definition) is 2. The maximum Gasteiger partial charge on any atom is 0.253 e. The van der Waals surface area contributed by atoms with E-state index in [0.29, 0.717) is 42.8 Å². The smallest absolute Gasteiger partial charge is 0.253 e. The predicted octanol–water partition coefficient (Wildman–Crippen LogP) is 0.759. The second-order valence-corrected chi connectivity index (χ2v) is 4.18. The molecule has 0 aliphatic heterocycles. The summed E-state index contributed by atoms with van der Waals surface area (Å²) >= 11 is 0. The predicted molar refractivity (Wildman–Crippen MR) is 74.4 cm³/mol. The third-order valence-electron chi connectivity index (χ3n) is 2.73. The molecule has 0 unspecified atom stereocenters. The lowest BCUT2D eigenvalue weighted by molar-refractivity contribution is 0.0868. The third kappa shape index (κ3) is 3.72. The number of carbonyl (C=O) groups excluding carboxylic acids is 1. The third-order valence-corrected chi connectivity index (χ3v) is 2.73. The molecule has 20 heavy (non-hydrogen) atoms. The van der Waals surface area contributed by atoms with Crippen LogP contribution in [0.25, 0.3) is 11.0 Å². The first kappa shape index (κ1) is 14.4. The summed E-state index contributed by atoms with van der Waals surface area (Å²) < 4.78 is 5.12. The average Bonchev–Trinajstić information content (AvgIpc) is 2.50. The molecule has 1 aromatic heterocycles. The van der Waals surface area contributed by atoms with Crippen LogP contribution in [0.3, 0.4) is 0 Å². The number of benzene rings is 1. The zero-order valence-electron chi connectivity index (χ0n) is 11.1. The SMILES string of the molecule is O=C(NCCCOCCO)c1cccc2nccnc12. The monoisotopic (exact) mass is 275 g/mol. The van der Waals surface area contributed by atoms with Crippen LogP contribution in [0, 0.1) is 0 Å². The maximum absolute atomic E-state index is 12.1. The summed E-state index contributed by atoms with van der Waals surface area (Å²) in [6.07, 6.45) is 3.87. The Bertz CT molecular complexity index is 569. The lowest BCUT2D eigenvalue weighted by Crippen LogP contribution is -2.25. The highest BCUT2D eigenvalue weighted by Gasteiger charge is 2.10. The van der Waals surface area contributed by atoms with E-state index in [2.05, 4.69) is 15.3 Å². The fourth-order valence-electron chi connectivity index (χ4n) is 1.81. The van der Waals surface area contributed by atoms with Crippen LogP contribution in [0.1, 0.15) is 16.8 Å². The van der Waals surface area contributed by atoms with E-state index in [4.69, 9.17) is 9.84 Å². The first-order valence-corrected chi connectivity index (χ1v) is 6.49. The second-order valence-electron chi connectivity index (χ2n) is 4.18. The maximum atomic E-state index is 12.1. The molecule has 6 nitrogen and oxygen atoms in total. The molecule has 0 atom stereocenters. The largest absolute Gasteiger partial charge is 0.394 e. The molecule has 2 aromatic rings. The van der Waals surface area contributed by atoms with Crippen LogP contribution in [0.15, 0.2) is 30.6 Å². The van der Waals surface area contributed by atoms with Gasteiger partial charge in [0.05, 0.1) is 24.3 Å². The zero-order chi connectivity index (χ0) is 14.2. The van der Waals surface area contributed by atoms with Gasteiger partial charge in [-0.1, -0.05) is 6.07 Å². The number of para-hydroxylation sites is 1. The van der Waals surface area contributed by atoms with Crippen molar-refractivity contribution >= 4 is 16.9 Å². The number of aromatic nitrogens is 2. The molecule has 0 saturated heterocycles. The normalized spacial score (nSPS) is 10.7. The van der Waals surface area contributed by atoms with Crippen LogP contribution >= 0.6 is 0 Å². The highest BCUT2D eigenvalue weighted by Crippen LogP contribution is 2.13. The van der Waals surface area contributed by atoms with E-state index in [1.54, 1.807) is 24.5 Å². The quantitative estimate of drug-likeness (QED) is 0.729. The summed E-state index contributed by atoms with van der Waals surface area (Å²) in [7, 11) is 0. The molecular formula is C14H17N3O3. The highest BCUT2D eigenvalue weighted by atomic mass is 16.5. The molecule has 2 rings (SSSR count). The van der Waals surface area contributed by atoms with Gasteiger partial charge in [-0.2, -0.15) is 0 Å². The van der Waals surface area contributed by atoms with Crippen molar-refractivity contribution in [3.05, 3.63) is 36.2 Å². The van der Waals surface area contributed by atoms with Gasteiger partial charge in [-0.05, 0) is 18.6 Å². The van der Waals surface area contributed by atoms with E-state index in [1.165, 1.54) is 0 Å². The lowest BCUT2D eigenvalue weighted by Gasteiger charge is -2.07. The topological polar surface area (TPSA) is 84.3 Å². The Morgan fingerprint density at radius 3 is 2.95 bits per heavy atom. The molecule has 0 spiro atoms. The van der Waals surface area contributed by atoms with E-state index in [0.717, 1.165) is 0 Å². The Hall–Kier alpha value is -2.05. The van der Waals surface area contributed by atoms with Crippen molar-refractivity contribution in [1.29, 1.82) is 0 Å². The standard InChI is InChI=1S/C14H17N3O3/c18-8-10-20-9-2-5-17-14(19)11-3-1-4-12-13(11)16-7-6-15-12/h1,3-4,6-7,18H,2,5,8-10H2,(H,17,19). The summed E-state index contributed by atoms with van der Waals surface area (Å²) in [4.78, 5) is 20.5. The molecular weight excluding hydrogens is 258 g/mol. The molecule has 106 valence electrons. The summed E-state index contributed by atoms with van der Waals surface area (Å²) in [6.45, 7) is 1.37. The molecule has 0 aliphatic rings. The Morgan fingerprint density at radius 1 is 1.25 bits per heavy atom. The van der Waals surface area contributed by atoms with Crippen LogP contribution < -0.4 is 5.32 Å². The van der Waals surface area contributed by atoms with Crippen molar-refractivity contribution in [2.24, 2.45) is 0 Å². The highest BCUT2D eigenvalue weighted by molar-refractivity contribution is 6.04. The second kappa shape index (κ2) is 7.52. The first-order chi connectivity index (χ1) is 9.83. The van der Waals surface area contributed by atoms with E-state index in [9.17, 15) is 4.79 Å². The summed E-state index contributed by atoms with van der Waals surface area (Å²) in [6, 6.07) is 5.34. The first-order valence-electron chi connectivity index (χ1n) is 6.49. The van der Waals surface area contributed by atoms with Crippen molar-refractivity contribution in [1.82, 2.24) is 15.3 Å². The molecule has 1 aromatic carbocycles. The molecule has 0 bridgehead atoms. The van der Waals surface area contributed by atoms with Crippen molar-refractivity contribution in [2.45, 2.75) is 6.42 Å². The number of hydrogen-bond acceptors (Lipinski definition) is 5. The summed E-state index contributed by atoms with van der Waals surface area (Å²) in [5.74, 6) is -0.168. The van der Waals surface area contributed by atoms with Crippen LogP contribution in [0.2, 0.25) is 0 Å². The Balaban J connectivity index is 1.91. The molecule has 0 radical (unpaired) electrons. The zero-order valence-corrected chi connectivity index (χ0v) is 11.1. The van der Waals surface area contributed by atoms with Gasteiger partial charge in [0, 0.05) is 25.5 Å². The minimum Gasteiger partial charge on any atom is -0.394 e. The molecule has 1 heterocycles. The molecule has 0 fully saturated rings. The number of amides is 1. The van der Waals surface area contributed by atoms with E-state index in [1.807, 2.05) is 6.07 Å². The van der Waals surface area contributed by atoms with Gasteiger partial charge in [-0.25, -0.2) is 0 Å². The summed E-state index contributed by atoms with van der Waals surface area (Å²) in [5, 5.41) is 11.4. The van der Waals surface area contributed by atoms with Gasteiger partial charge < -0.3 is 15.2 Å². The molecule has 0 aliphatic carbocycles. The molecule has 2 N–H and O–H groups in total. The summed E-state index contributed by atoms with van der Waals surface area (Å²) in [5.41, 5.74) is 1.82. The van der Waals surface area contributed by atoms with Crippen molar-refractivity contribution < 1.29 is 14.6 Å². The van der Waals surface area contributed by atoms with Crippen molar-refractivity contribution in [3.63, 3.8) is 0 Å². The Morgan fingerprint density at radius 2 is 2.10 bits per heavy atom. The molecule has 0 saturated carbocycles. The van der Waals surface area contributed by atoms with Gasteiger partial charge >= 0.3 is 0 Å². The number of aliphatic hydroxyl groups is 1. The van der Waals surface area contributed by atoms with Gasteiger partial charge in [0.25, 0.3) is 5.91 Å². The van der Waals surface area contributed by atoms with E-state index in [-0.39, 0.29) is 12.5 Å². The Labute approximate surface area is 116 Å². The van der Waals surface area contributed by atoms with Crippen molar-refractivity contribution in [3.8, 4) is 0 Å². The number of fused-ring (bicyclic) bond motifs is 1. The van der Waals surface area contributed by atoms with Gasteiger partial charge in [0.2, 0.25) is 0 Å². The van der Waals surface area contributed by atoms with Crippen LogP contribution in [0.5, 0.6) is 0 Å². The van der Waals surface area contributed by atoms with Crippen molar-refractivity contribution in [2.75, 3.05) is 26.4 Å². The van der Waals surface area contributed by atoms with E-state index < -0.39 is 0 Å². The number of nitrogens with zero attached hydrogens (tertiary/aromatic N) is 2. The fraction of sp³-hybridized carbons (Fsp3) is 0.357. The number of nitrogens with one attached hydrogen (secondary N) is 1. The van der Waals surface area contributed by atoms with E-state index >= 15 is 0 Å². The number of carbonyl (C=O) groups is 1. The molecule has 1 amide bonds. The minimum atomic E-state index is -0.168. The van der Waals surface area contributed by atoms with Crippen LogP contribution in [-0.2, 0) is 4.74 Å². The van der Waals surface area contributed by atoms with Crippen LogP contribution in [0.4, 0.5) is 0 Å². The van der Waals surface area contributed by atoms with Gasteiger partial charge in [-0.3, -0.25) is 14.8 Å². The van der Waals surface area contributed by atoms with Gasteiger partial charge in [-0.15, -0.1) is 0 Å². The fourth-order valence-corrected chi connectivity index (χ4v) is 1.81. The van der Waals surface area contributed by atoms with Gasteiger partial charge in [0.15, 0.2) is 0 Å². The van der Waals surface area contributed by atoms with Gasteiger partial charge in [0.1, 0.15) is 5.52 Å².